The second kappa shape index (κ2) is 10.4. The van der Waals surface area contributed by atoms with Crippen LogP contribution in [0.1, 0.15) is 34.8 Å². The van der Waals surface area contributed by atoms with Gasteiger partial charge in [0.25, 0.3) is 5.91 Å². The first-order valence-corrected chi connectivity index (χ1v) is 12.1. The topological polar surface area (TPSA) is 92.2 Å². The number of aromatic nitrogens is 3. The minimum atomic E-state index is -4.54. The van der Waals surface area contributed by atoms with Crippen LogP contribution in [-0.4, -0.2) is 63.3 Å². The van der Waals surface area contributed by atoms with Crippen LogP contribution >= 0.6 is 28.3 Å². The molecule has 2 amide bonds. The minimum Gasteiger partial charge on any atom is -0.367 e. The highest BCUT2D eigenvalue weighted by molar-refractivity contribution is 9.10. The monoisotopic (exact) mass is 604 g/mol. The Labute approximate surface area is 223 Å². The Morgan fingerprint density at radius 2 is 1.89 bits per heavy atom. The predicted octanol–water partition coefficient (Wildman–Crippen LogP) is 4.25. The van der Waals surface area contributed by atoms with Gasteiger partial charge in [-0.1, -0.05) is 0 Å². The third kappa shape index (κ3) is 5.98. The molecule has 198 valence electrons. The van der Waals surface area contributed by atoms with E-state index in [-0.39, 0.29) is 28.7 Å². The summed E-state index contributed by atoms with van der Waals surface area (Å²) < 4.78 is 53.1. The Kier molecular flexibility index (Phi) is 7.65. The number of benzene rings is 1. The van der Waals surface area contributed by atoms with E-state index >= 15 is 0 Å². The first kappa shape index (κ1) is 27.1. The van der Waals surface area contributed by atoms with E-state index in [0.29, 0.717) is 47.1 Å². The fourth-order valence-electron chi connectivity index (χ4n) is 4.11. The van der Waals surface area contributed by atoms with E-state index in [2.05, 4.69) is 31.3 Å². The van der Waals surface area contributed by atoms with E-state index in [9.17, 15) is 27.2 Å². The van der Waals surface area contributed by atoms with Gasteiger partial charge in [-0.25, -0.2) is 9.37 Å². The van der Waals surface area contributed by atoms with Gasteiger partial charge in [-0.3, -0.25) is 14.3 Å². The quantitative estimate of drug-likeness (QED) is 0.393. The zero-order valence-electron chi connectivity index (χ0n) is 19.2. The molecule has 3 heterocycles. The third-order valence-corrected chi connectivity index (χ3v) is 6.88. The van der Waals surface area contributed by atoms with Gasteiger partial charge in [-0.05, 0) is 53.0 Å². The van der Waals surface area contributed by atoms with Gasteiger partial charge in [0.15, 0.2) is 0 Å². The predicted molar refractivity (Wildman–Crippen MR) is 133 cm³/mol. The Balaban J connectivity index is 0.00000320. The molecular weight excluding hydrogens is 584 g/mol. The standard InChI is InChI=1S/C23H21BrF4N6O2.ClH/c24-20-15(25)3-4-16-19(20)21(32-34(16)10-18(35)30-11-23(26,27)28)13-8-33(9-13)22(36)12-5-6-29-17(7-12)31-14-1-2-14;/h3-7,13-14H,1-2,8-11H2,(H,29,31)(H,30,35);1H. The number of nitrogens with one attached hydrogen (secondary N) is 2. The second-order valence-electron chi connectivity index (χ2n) is 8.95. The Morgan fingerprint density at radius 3 is 2.57 bits per heavy atom. The van der Waals surface area contributed by atoms with E-state index in [1.165, 1.54) is 16.8 Å². The highest BCUT2D eigenvalue weighted by Gasteiger charge is 2.36. The van der Waals surface area contributed by atoms with Crippen molar-refractivity contribution in [2.24, 2.45) is 0 Å². The fraction of sp³-hybridized carbons (Fsp3) is 0.391. The summed E-state index contributed by atoms with van der Waals surface area (Å²) in [5.41, 5.74) is 1.36. The number of anilines is 1. The molecule has 1 aromatic carbocycles. The number of hydrogen-bond donors (Lipinski definition) is 2. The number of amides is 2. The van der Waals surface area contributed by atoms with Gasteiger partial charge in [0.2, 0.25) is 5.91 Å². The minimum absolute atomic E-state index is 0. The fourth-order valence-corrected chi connectivity index (χ4v) is 4.65. The van der Waals surface area contributed by atoms with Crippen molar-refractivity contribution in [1.29, 1.82) is 0 Å². The van der Waals surface area contributed by atoms with Gasteiger partial charge in [0, 0.05) is 42.2 Å². The molecule has 2 aromatic heterocycles. The summed E-state index contributed by atoms with van der Waals surface area (Å²) in [6.45, 7) is -1.28. The molecule has 8 nitrogen and oxygen atoms in total. The molecular formula is C23H22BrClF4N6O2. The number of carbonyl (C=O) groups excluding carboxylic acids is 2. The van der Waals surface area contributed by atoms with E-state index in [0.717, 1.165) is 12.8 Å². The number of hydrogen-bond acceptors (Lipinski definition) is 5. The largest absolute Gasteiger partial charge is 0.405 e. The van der Waals surface area contributed by atoms with Crippen LogP contribution in [0.3, 0.4) is 0 Å². The summed E-state index contributed by atoms with van der Waals surface area (Å²) in [6, 6.07) is 6.37. The van der Waals surface area contributed by atoms with Crippen LogP contribution in [0.15, 0.2) is 34.9 Å². The van der Waals surface area contributed by atoms with Crippen LogP contribution in [0.5, 0.6) is 0 Å². The molecule has 0 unspecified atom stereocenters. The van der Waals surface area contributed by atoms with Gasteiger partial charge in [0.05, 0.1) is 15.7 Å². The Morgan fingerprint density at radius 1 is 1.16 bits per heavy atom. The van der Waals surface area contributed by atoms with Crippen molar-refractivity contribution < 1.29 is 27.2 Å². The molecule has 2 N–H and O–H groups in total. The maximum atomic E-state index is 14.3. The van der Waals surface area contributed by atoms with E-state index in [1.54, 1.807) is 23.2 Å². The average molecular weight is 606 g/mol. The lowest BCUT2D eigenvalue weighted by Crippen LogP contribution is -2.48. The molecule has 1 aliphatic heterocycles. The summed E-state index contributed by atoms with van der Waals surface area (Å²) in [5.74, 6) is -1.17. The van der Waals surface area contributed by atoms with Crippen molar-refractivity contribution in [2.75, 3.05) is 25.0 Å². The third-order valence-electron chi connectivity index (χ3n) is 6.11. The van der Waals surface area contributed by atoms with Crippen LogP contribution in [-0.2, 0) is 11.3 Å². The lowest BCUT2D eigenvalue weighted by atomic mass is 9.93. The summed E-state index contributed by atoms with van der Waals surface area (Å²) in [6.07, 6.45) is -0.804. The second-order valence-corrected chi connectivity index (χ2v) is 9.74. The summed E-state index contributed by atoms with van der Waals surface area (Å²) >= 11 is 3.23. The zero-order valence-corrected chi connectivity index (χ0v) is 21.6. The normalized spacial score (nSPS) is 15.8. The first-order chi connectivity index (χ1) is 17.1. The van der Waals surface area contributed by atoms with Gasteiger partial charge < -0.3 is 15.5 Å². The molecule has 3 aromatic rings. The van der Waals surface area contributed by atoms with Crippen molar-refractivity contribution in [2.45, 2.75) is 37.5 Å². The van der Waals surface area contributed by atoms with Crippen LogP contribution in [0.2, 0.25) is 0 Å². The molecule has 2 fully saturated rings. The number of fused-ring (bicyclic) bond motifs is 1. The maximum absolute atomic E-state index is 14.3. The molecule has 14 heteroatoms. The molecule has 37 heavy (non-hydrogen) atoms. The van der Waals surface area contributed by atoms with Crippen LogP contribution in [0.25, 0.3) is 10.9 Å². The number of nitrogens with zero attached hydrogens (tertiary/aromatic N) is 4. The summed E-state index contributed by atoms with van der Waals surface area (Å²) in [5, 5.41) is 9.94. The Bertz CT molecular complexity index is 1340. The molecule has 0 bridgehead atoms. The van der Waals surface area contributed by atoms with Crippen molar-refractivity contribution in [1.82, 2.24) is 25.0 Å². The summed E-state index contributed by atoms with van der Waals surface area (Å²) in [4.78, 5) is 30.9. The number of rotatable bonds is 7. The molecule has 5 rings (SSSR count). The number of likely N-dealkylation sites (tertiary alicyclic amines) is 1. The van der Waals surface area contributed by atoms with Crippen molar-refractivity contribution in [3.63, 3.8) is 0 Å². The lowest BCUT2D eigenvalue weighted by molar-refractivity contribution is -0.138. The van der Waals surface area contributed by atoms with Crippen LogP contribution < -0.4 is 10.6 Å². The maximum Gasteiger partial charge on any atom is 0.405 e. The molecule has 0 atom stereocenters. The van der Waals surface area contributed by atoms with Gasteiger partial charge in [0.1, 0.15) is 24.7 Å². The van der Waals surface area contributed by atoms with E-state index in [1.807, 2.05) is 5.32 Å². The van der Waals surface area contributed by atoms with E-state index < -0.39 is 31.0 Å². The van der Waals surface area contributed by atoms with Gasteiger partial charge >= 0.3 is 6.18 Å². The van der Waals surface area contributed by atoms with Crippen molar-refractivity contribution in [3.05, 3.63) is 52.0 Å². The smallest absolute Gasteiger partial charge is 0.367 e. The van der Waals surface area contributed by atoms with Gasteiger partial charge in [-0.2, -0.15) is 18.3 Å². The Hall–Kier alpha value is -2.93. The zero-order chi connectivity index (χ0) is 25.6. The van der Waals surface area contributed by atoms with E-state index in [4.69, 9.17) is 0 Å². The number of alkyl halides is 3. The van der Waals surface area contributed by atoms with Crippen LogP contribution in [0, 0.1) is 5.82 Å². The van der Waals surface area contributed by atoms with Gasteiger partial charge in [-0.15, -0.1) is 12.4 Å². The summed E-state index contributed by atoms with van der Waals surface area (Å²) in [7, 11) is 0. The SMILES string of the molecule is Cl.O=C(Cn1nc(C2CN(C(=O)c3ccnc(NC4CC4)c3)C2)c2c(Br)c(F)ccc21)NCC(F)(F)F. The van der Waals surface area contributed by atoms with Crippen LogP contribution in [0.4, 0.5) is 23.4 Å². The number of carbonyl (C=O) groups is 2. The van der Waals surface area contributed by atoms with Crippen molar-refractivity contribution >= 4 is 56.9 Å². The number of pyridine rings is 1. The lowest BCUT2D eigenvalue weighted by Gasteiger charge is -2.38. The van der Waals surface area contributed by atoms with Crippen molar-refractivity contribution in [3.8, 4) is 0 Å². The molecule has 2 aliphatic rings. The first-order valence-electron chi connectivity index (χ1n) is 11.3. The highest BCUT2D eigenvalue weighted by Crippen LogP contribution is 2.37. The number of halogens is 6. The molecule has 0 spiro atoms. The molecule has 1 saturated heterocycles. The average Bonchev–Trinajstić information content (AvgIpc) is 3.54. The molecule has 0 radical (unpaired) electrons. The molecule has 1 saturated carbocycles. The molecule has 1 aliphatic carbocycles. The highest BCUT2D eigenvalue weighted by atomic mass is 79.9.